The number of aromatic nitrogens is 3. The van der Waals surface area contributed by atoms with Gasteiger partial charge in [0.05, 0.1) is 17.3 Å². The van der Waals surface area contributed by atoms with E-state index in [1.54, 1.807) is 0 Å². The van der Waals surface area contributed by atoms with Crippen molar-refractivity contribution in [1.82, 2.24) is 19.9 Å². The van der Waals surface area contributed by atoms with Gasteiger partial charge in [-0.25, -0.2) is 4.68 Å². The van der Waals surface area contributed by atoms with Crippen molar-refractivity contribution in [3.63, 3.8) is 0 Å². The molecule has 1 aliphatic heterocycles. The summed E-state index contributed by atoms with van der Waals surface area (Å²) in [6.45, 7) is 1.84. The van der Waals surface area contributed by atoms with Gasteiger partial charge in [0.25, 0.3) is 0 Å². The lowest BCUT2D eigenvalue weighted by molar-refractivity contribution is -0.119. The number of amides is 1. The van der Waals surface area contributed by atoms with Crippen LogP contribution in [0.15, 0.2) is 48.5 Å². The van der Waals surface area contributed by atoms with E-state index in [1.165, 1.54) is 0 Å². The summed E-state index contributed by atoms with van der Waals surface area (Å²) in [4.78, 5) is 13.3. The van der Waals surface area contributed by atoms with Crippen LogP contribution >= 0.6 is 0 Å². The number of aliphatic hydroxyl groups is 1. The molecule has 2 heterocycles. The van der Waals surface area contributed by atoms with Crippen LogP contribution in [-0.4, -0.2) is 50.1 Å². The highest BCUT2D eigenvalue weighted by atomic mass is 16.3. The number of rotatable bonds is 5. The van der Waals surface area contributed by atoms with Crippen molar-refractivity contribution < 1.29 is 9.90 Å². The minimum Gasteiger partial charge on any atom is -0.391 e. The van der Waals surface area contributed by atoms with Crippen molar-refractivity contribution in [3.8, 4) is 5.69 Å². The maximum Gasteiger partial charge on any atom is 0.217 e. The number of hydrogen-bond acceptors (Lipinski definition) is 5. The normalized spacial score (nSPS) is 20.7. The fourth-order valence-corrected chi connectivity index (χ4v) is 3.67. The second-order valence-electron chi connectivity index (χ2n) is 6.81. The summed E-state index contributed by atoms with van der Waals surface area (Å²) in [5.74, 6) is -0.475. The fraction of sp³-hybridized carbons (Fsp3) is 0.316. The number of benzene rings is 2. The number of nitrogens with zero attached hydrogens (tertiary/aromatic N) is 4. The molecule has 0 bridgehead atoms. The summed E-state index contributed by atoms with van der Waals surface area (Å²) < 4.78 is 1.85. The molecule has 1 saturated heterocycles. The molecule has 1 aliphatic rings. The number of para-hydroxylation sites is 2. The average molecular weight is 351 g/mol. The zero-order valence-corrected chi connectivity index (χ0v) is 14.3. The number of primary amides is 1. The van der Waals surface area contributed by atoms with Crippen molar-refractivity contribution in [2.24, 2.45) is 11.7 Å². The van der Waals surface area contributed by atoms with E-state index in [1.807, 2.05) is 47.1 Å². The van der Waals surface area contributed by atoms with Gasteiger partial charge in [-0.3, -0.25) is 9.69 Å². The van der Waals surface area contributed by atoms with Gasteiger partial charge in [0.1, 0.15) is 5.52 Å². The molecule has 4 rings (SSSR count). The maximum atomic E-state index is 11.2. The summed E-state index contributed by atoms with van der Waals surface area (Å²) in [6.07, 6.45) is -0.311. The molecule has 7 nitrogen and oxygen atoms in total. The molecule has 1 amide bonds. The van der Waals surface area contributed by atoms with Crippen LogP contribution in [-0.2, 0) is 11.3 Å². The number of fused-ring (bicyclic) bond motifs is 1. The highest BCUT2D eigenvalue weighted by Gasteiger charge is 2.32. The first kappa shape index (κ1) is 16.7. The Morgan fingerprint density at radius 3 is 2.77 bits per heavy atom. The predicted octanol–water partition coefficient (Wildman–Crippen LogP) is 1.09. The predicted molar refractivity (Wildman–Crippen MR) is 97.5 cm³/mol. The molecule has 2 atom stereocenters. The Bertz CT molecular complexity index is 938. The van der Waals surface area contributed by atoms with Crippen molar-refractivity contribution in [2.75, 3.05) is 13.1 Å². The third-order valence-electron chi connectivity index (χ3n) is 4.91. The second kappa shape index (κ2) is 6.86. The molecule has 3 aromatic rings. The van der Waals surface area contributed by atoms with Gasteiger partial charge < -0.3 is 10.8 Å². The van der Waals surface area contributed by atoms with E-state index in [2.05, 4.69) is 21.3 Å². The molecule has 1 fully saturated rings. The summed E-state index contributed by atoms with van der Waals surface area (Å²) in [5, 5.41) is 18.7. The number of nitrogens with two attached hydrogens (primary N) is 1. The monoisotopic (exact) mass is 351 g/mol. The van der Waals surface area contributed by atoms with Gasteiger partial charge in [0, 0.05) is 32.0 Å². The Labute approximate surface area is 151 Å². The molecule has 0 unspecified atom stereocenters. The van der Waals surface area contributed by atoms with Crippen molar-refractivity contribution >= 4 is 16.9 Å². The number of aliphatic hydroxyl groups excluding tert-OH is 1. The molecule has 134 valence electrons. The molecule has 26 heavy (non-hydrogen) atoms. The summed E-state index contributed by atoms with van der Waals surface area (Å²) in [5.41, 5.74) is 9.15. The fourth-order valence-electron chi connectivity index (χ4n) is 3.67. The molecule has 7 heteroatoms. The molecule has 3 N–H and O–H groups in total. The second-order valence-corrected chi connectivity index (χ2v) is 6.81. The lowest BCUT2D eigenvalue weighted by Crippen LogP contribution is -2.24. The SMILES string of the molecule is NC(=O)C[C@@H]1CN(Cc2ccccc2-n2nnc3ccccc32)C[C@H]1O. The van der Waals surface area contributed by atoms with Crippen LogP contribution in [0, 0.1) is 5.92 Å². The summed E-state index contributed by atoms with van der Waals surface area (Å²) >= 11 is 0. The van der Waals surface area contributed by atoms with E-state index in [0.717, 1.165) is 22.3 Å². The van der Waals surface area contributed by atoms with E-state index < -0.39 is 6.10 Å². The molecule has 0 spiro atoms. The van der Waals surface area contributed by atoms with Crippen molar-refractivity contribution in [2.45, 2.75) is 19.1 Å². The van der Waals surface area contributed by atoms with E-state index in [4.69, 9.17) is 5.73 Å². The van der Waals surface area contributed by atoms with Gasteiger partial charge in [-0.05, 0) is 23.8 Å². The highest BCUT2D eigenvalue weighted by Crippen LogP contribution is 2.25. The number of likely N-dealkylation sites (tertiary alicyclic amines) is 1. The Hall–Kier alpha value is -2.77. The van der Waals surface area contributed by atoms with Crippen molar-refractivity contribution in [1.29, 1.82) is 0 Å². The zero-order valence-electron chi connectivity index (χ0n) is 14.3. The largest absolute Gasteiger partial charge is 0.391 e. The smallest absolute Gasteiger partial charge is 0.217 e. The van der Waals surface area contributed by atoms with Crippen LogP contribution in [0.5, 0.6) is 0 Å². The molecular formula is C19H21N5O2. The Morgan fingerprint density at radius 1 is 1.15 bits per heavy atom. The number of carbonyl (C=O) groups excluding carboxylic acids is 1. The number of β-amino-alcohol motifs (C(OH)–C–C–N with tert-alkyl or cyclic N) is 1. The van der Waals surface area contributed by atoms with Gasteiger partial charge in [-0.2, -0.15) is 0 Å². The van der Waals surface area contributed by atoms with Crippen LogP contribution < -0.4 is 5.73 Å². The Balaban J connectivity index is 1.60. The third-order valence-corrected chi connectivity index (χ3v) is 4.91. The highest BCUT2D eigenvalue weighted by molar-refractivity contribution is 5.76. The minimum atomic E-state index is -0.526. The lowest BCUT2D eigenvalue weighted by atomic mass is 10.0. The lowest BCUT2D eigenvalue weighted by Gasteiger charge is -2.18. The molecule has 2 aromatic carbocycles. The maximum absolute atomic E-state index is 11.2. The van der Waals surface area contributed by atoms with Crippen LogP contribution in [0.2, 0.25) is 0 Å². The van der Waals surface area contributed by atoms with E-state index in [9.17, 15) is 9.90 Å². The van der Waals surface area contributed by atoms with Gasteiger partial charge in [0.2, 0.25) is 5.91 Å². The molecular weight excluding hydrogens is 330 g/mol. The molecule has 0 saturated carbocycles. The molecule has 0 radical (unpaired) electrons. The standard InChI is InChI=1S/C19H21N5O2/c20-19(26)9-14-11-23(12-18(14)25)10-13-5-1-3-7-16(13)24-17-8-4-2-6-15(17)21-22-24/h1-8,14,18,25H,9-12H2,(H2,20,26)/t14-,18-/m1/s1. The minimum absolute atomic E-state index is 0.105. The summed E-state index contributed by atoms with van der Waals surface area (Å²) in [6, 6.07) is 15.9. The van der Waals surface area contributed by atoms with Gasteiger partial charge in [0.15, 0.2) is 0 Å². The van der Waals surface area contributed by atoms with Crippen LogP contribution in [0.25, 0.3) is 16.7 Å². The van der Waals surface area contributed by atoms with E-state index in [-0.39, 0.29) is 18.2 Å². The first-order chi connectivity index (χ1) is 12.6. The van der Waals surface area contributed by atoms with Gasteiger partial charge in [-0.15, -0.1) is 5.10 Å². The first-order valence-corrected chi connectivity index (χ1v) is 8.69. The van der Waals surface area contributed by atoms with Crippen LogP contribution in [0.3, 0.4) is 0 Å². The third kappa shape index (κ3) is 3.18. The van der Waals surface area contributed by atoms with E-state index in [0.29, 0.717) is 19.6 Å². The van der Waals surface area contributed by atoms with Gasteiger partial charge in [-0.1, -0.05) is 35.5 Å². The average Bonchev–Trinajstić information content (AvgIpc) is 3.19. The number of carbonyl (C=O) groups is 1. The first-order valence-electron chi connectivity index (χ1n) is 8.69. The quantitative estimate of drug-likeness (QED) is 0.717. The van der Waals surface area contributed by atoms with Crippen LogP contribution in [0.1, 0.15) is 12.0 Å². The topological polar surface area (TPSA) is 97.3 Å². The van der Waals surface area contributed by atoms with Crippen LogP contribution in [0.4, 0.5) is 0 Å². The molecule has 1 aromatic heterocycles. The summed E-state index contributed by atoms with van der Waals surface area (Å²) in [7, 11) is 0. The molecule has 0 aliphatic carbocycles. The zero-order chi connectivity index (χ0) is 18.1. The number of hydrogen-bond donors (Lipinski definition) is 2. The van der Waals surface area contributed by atoms with Gasteiger partial charge >= 0.3 is 0 Å². The Kier molecular flexibility index (Phi) is 4.40. The van der Waals surface area contributed by atoms with Crippen molar-refractivity contribution in [3.05, 3.63) is 54.1 Å². The Morgan fingerprint density at radius 2 is 1.92 bits per heavy atom. The van der Waals surface area contributed by atoms with E-state index >= 15 is 0 Å².